The minimum Gasteiger partial charge on any atom is -0.319 e. The van der Waals surface area contributed by atoms with Gasteiger partial charge in [0.15, 0.2) is 5.78 Å². The summed E-state index contributed by atoms with van der Waals surface area (Å²) >= 11 is 0. The molecule has 0 aromatic rings. The third kappa shape index (κ3) is 2.48. The maximum atomic E-state index is 12.5. The fourth-order valence-electron chi connectivity index (χ4n) is 3.59. The lowest BCUT2D eigenvalue weighted by Gasteiger charge is -2.38. The number of hydrogen-bond acceptors (Lipinski definition) is 2. The third-order valence-electron chi connectivity index (χ3n) is 4.50. The number of Topliss-reactive ketones (excluding diaryl/α,β-unsaturated/α-hetero) is 1. The van der Waals surface area contributed by atoms with Crippen LogP contribution in [0.3, 0.4) is 0 Å². The van der Waals surface area contributed by atoms with Gasteiger partial charge in [0, 0.05) is 5.92 Å². The van der Waals surface area contributed by atoms with Crippen molar-refractivity contribution >= 4 is 5.78 Å². The van der Waals surface area contributed by atoms with Gasteiger partial charge in [0.1, 0.15) is 0 Å². The van der Waals surface area contributed by atoms with Crippen molar-refractivity contribution < 1.29 is 4.79 Å². The molecule has 0 aromatic carbocycles. The zero-order chi connectivity index (χ0) is 11.6. The van der Waals surface area contributed by atoms with Crippen LogP contribution < -0.4 is 5.73 Å². The highest BCUT2D eigenvalue weighted by molar-refractivity contribution is 5.90. The summed E-state index contributed by atoms with van der Waals surface area (Å²) in [6.07, 6.45) is 10.2. The van der Waals surface area contributed by atoms with Crippen LogP contribution in [0.15, 0.2) is 0 Å². The largest absolute Gasteiger partial charge is 0.319 e. The molecule has 0 saturated heterocycles. The van der Waals surface area contributed by atoms with Gasteiger partial charge in [-0.3, -0.25) is 4.79 Å². The summed E-state index contributed by atoms with van der Waals surface area (Å²) in [5.74, 6) is 1.30. The van der Waals surface area contributed by atoms with E-state index >= 15 is 0 Å². The average molecular weight is 223 g/mol. The van der Waals surface area contributed by atoms with E-state index in [1.807, 2.05) is 0 Å². The van der Waals surface area contributed by atoms with Crippen LogP contribution in [0.1, 0.15) is 64.7 Å². The molecule has 0 spiro atoms. The quantitative estimate of drug-likeness (QED) is 0.782. The molecule has 16 heavy (non-hydrogen) atoms. The van der Waals surface area contributed by atoms with Gasteiger partial charge in [0.05, 0.1) is 5.54 Å². The maximum Gasteiger partial charge on any atom is 0.155 e. The number of rotatable bonds is 2. The van der Waals surface area contributed by atoms with E-state index in [-0.39, 0.29) is 5.92 Å². The molecule has 2 saturated carbocycles. The van der Waals surface area contributed by atoms with Crippen LogP contribution in [0, 0.1) is 11.8 Å². The molecule has 2 atom stereocenters. The van der Waals surface area contributed by atoms with E-state index in [0.717, 1.165) is 32.1 Å². The van der Waals surface area contributed by atoms with Gasteiger partial charge in [0.25, 0.3) is 0 Å². The third-order valence-corrected chi connectivity index (χ3v) is 4.50. The van der Waals surface area contributed by atoms with E-state index in [1.54, 1.807) is 0 Å². The highest BCUT2D eigenvalue weighted by Gasteiger charge is 2.41. The van der Waals surface area contributed by atoms with E-state index in [0.29, 0.717) is 11.7 Å². The molecule has 2 nitrogen and oxygen atoms in total. The molecule has 0 bridgehead atoms. The molecular formula is C14H25NO. The topological polar surface area (TPSA) is 43.1 Å². The number of ketones is 1. The second-order valence-electron chi connectivity index (χ2n) is 6.06. The first-order valence-electron chi connectivity index (χ1n) is 6.95. The van der Waals surface area contributed by atoms with Crippen LogP contribution in [0.25, 0.3) is 0 Å². The van der Waals surface area contributed by atoms with Crippen LogP contribution in [0.4, 0.5) is 0 Å². The Labute approximate surface area is 99.0 Å². The second-order valence-corrected chi connectivity index (χ2v) is 6.06. The van der Waals surface area contributed by atoms with Gasteiger partial charge in [-0.1, -0.05) is 39.0 Å². The first-order chi connectivity index (χ1) is 7.62. The average Bonchev–Trinajstić information content (AvgIpc) is 2.29. The van der Waals surface area contributed by atoms with E-state index in [4.69, 9.17) is 5.73 Å². The predicted octanol–water partition coefficient (Wildman–Crippen LogP) is 3.04. The SMILES string of the molecule is CC1CCCC(N)(C(=O)C2CCCCC2)C1. The van der Waals surface area contributed by atoms with Gasteiger partial charge >= 0.3 is 0 Å². The van der Waals surface area contributed by atoms with Crippen molar-refractivity contribution in [1.82, 2.24) is 0 Å². The van der Waals surface area contributed by atoms with Gasteiger partial charge in [-0.25, -0.2) is 0 Å². The van der Waals surface area contributed by atoms with Crippen LogP contribution in [0.5, 0.6) is 0 Å². The number of carbonyl (C=O) groups is 1. The summed E-state index contributed by atoms with van der Waals surface area (Å²) in [5, 5.41) is 0. The summed E-state index contributed by atoms with van der Waals surface area (Å²) in [5.41, 5.74) is 5.90. The number of hydrogen-bond donors (Lipinski definition) is 1. The molecule has 0 radical (unpaired) electrons. The van der Waals surface area contributed by atoms with Gasteiger partial charge in [-0.2, -0.15) is 0 Å². The molecule has 0 aromatic heterocycles. The molecule has 0 amide bonds. The Morgan fingerprint density at radius 2 is 1.81 bits per heavy atom. The zero-order valence-electron chi connectivity index (χ0n) is 10.5. The summed E-state index contributed by atoms with van der Waals surface area (Å²) in [6, 6.07) is 0. The van der Waals surface area contributed by atoms with E-state index in [9.17, 15) is 4.79 Å². The van der Waals surface area contributed by atoms with Crippen molar-refractivity contribution in [3.8, 4) is 0 Å². The summed E-state index contributed by atoms with van der Waals surface area (Å²) in [6.45, 7) is 2.23. The lowest BCUT2D eigenvalue weighted by molar-refractivity contribution is -0.130. The van der Waals surface area contributed by atoms with Crippen LogP contribution in [-0.2, 0) is 4.79 Å². The molecule has 92 valence electrons. The molecule has 0 heterocycles. The Balaban J connectivity index is 2.01. The van der Waals surface area contributed by atoms with Gasteiger partial charge in [0.2, 0.25) is 0 Å². The van der Waals surface area contributed by atoms with Gasteiger partial charge < -0.3 is 5.73 Å². The molecule has 2 aliphatic carbocycles. The Hall–Kier alpha value is -0.370. The lowest BCUT2D eigenvalue weighted by atomic mass is 9.69. The molecule has 2 fully saturated rings. The van der Waals surface area contributed by atoms with Crippen LogP contribution in [-0.4, -0.2) is 11.3 Å². The van der Waals surface area contributed by atoms with E-state index in [1.165, 1.54) is 25.7 Å². The fraction of sp³-hybridized carbons (Fsp3) is 0.929. The van der Waals surface area contributed by atoms with Crippen molar-refractivity contribution in [2.24, 2.45) is 17.6 Å². The van der Waals surface area contributed by atoms with Crippen LogP contribution >= 0.6 is 0 Å². The molecule has 2 N–H and O–H groups in total. The number of nitrogens with two attached hydrogens (primary N) is 1. The van der Waals surface area contributed by atoms with Gasteiger partial charge in [-0.15, -0.1) is 0 Å². The van der Waals surface area contributed by atoms with Crippen molar-refractivity contribution in [1.29, 1.82) is 0 Å². The maximum absolute atomic E-state index is 12.5. The van der Waals surface area contributed by atoms with Crippen molar-refractivity contribution in [3.63, 3.8) is 0 Å². The lowest BCUT2D eigenvalue weighted by Crippen LogP contribution is -2.53. The van der Waals surface area contributed by atoms with Crippen molar-refractivity contribution in [2.75, 3.05) is 0 Å². The van der Waals surface area contributed by atoms with Crippen LogP contribution in [0.2, 0.25) is 0 Å². The Bertz CT molecular complexity index is 257. The fourth-order valence-corrected chi connectivity index (χ4v) is 3.59. The molecule has 0 aliphatic heterocycles. The van der Waals surface area contributed by atoms with Crippen molar-refractivity contribution in [2.45, 2.75) is 70.3 Å². The molecule has 2 heteroatoms. The Kier molecular flexibility index (Phi) is 3.68. The first-order valence-corrected chi connectivity index (χ1v) is 6.95. The number of carbonyl (C=O) groups excluding carboxylic acids is 1. The highest BCUT2D eigenvalue weighted by Crippen LogP contribution is 2.36. The zero-order valence-corrected chi connectivity index (χ0v) is 10.5. The summed E-state index contributed by atoms with van der Waals surface area (Å²) in [7, 11) is 0. The Morgan fingerprint density at radius 1 is 1.12 bits per heavy atom. The first kappa shape index (κ1) is 12.1. The van der Waals surface area contributed by atoms with E-state index < -0.39 is 5.54 Å². The van der Waals surface area contributed by atoms with E-state index in [2.05, 4.69) is 6.92 Å². The normalized spacial score (nSPS) is 37.2. The minimum atomic E-state index is -0.473. The minimum absolute atomic E-state index is 0.282. The summed E-state index contributed by atoms with van der Waals surface area (Å²) < 4.78 is 0. The second kappa shape index (κ2) is 4.87. The molecular weight excluding hydrogens is 198 g/mol. The Morgan fingerprint density at radius 3 is 2.44 bits per heavy atom. The van der Waals surface area contributed by atoms with Crippen molar-refractivity contribution in [3.05, 3.63) is 0 Å². The molecule has 2 rings (SSSR count). The van der Waals surface area contributed by atoms with Gasteiger partial charge in [-0.05, 0) is 31.6 Å². The summed E-state index contributed by atoms with van der Waals surface area (Å²) in [4.78, 5) is 12.5. The standard InChI is InChI=1S/C14H25NO/c1-11-6-5-9-14(15,10-11)13(16)12-7-3-2-4-8-12/h11-12H,2-10,15H2,1H3. The smallest absolute Gasteiger partial charge is 0.155 e. The molecule has 2 aliphatic rings. The highest BCUT2D eigenvalue weighted by atomic mass is 16.1. The molecule has 2 unspecified atom stereocenters. The monoisotopic (exact) mass is 223 g/mol. The predicted molar refractivity (Wildman–Crippen MR) is 66.1 cm³/mol.